The lowest BCUT2D eigenvalue weighted by atomic mass is 10.0. The minimum absolute atomic E-state index is 0.0254. The van der Waals surface area contributed by atoms with Gasteiger partial charge in [0.15, 0.2) is 0 Å². The third-order valence-corrected chi connectivity index (χ3v) is 3.20. The molecular formula is C12H20N4O. The Morgan fingerprint density at radius 1 is 1.41 bits per heavy atom. The summed E-state index contributed by atoms with van der Waals surface area (Å²) in [6.45, 7) is 8.74. The second-order valence-corrected chi connectivity index (χ2v) is 4.94. The number of ether oxygens (including phenoxy) is 1. The Morgan fingerprint density at radius 3 is 2.82 bits per heavy atom. The van der Waals surface area contributed by atoms with Crippen LogP contribution in [0.25, 0.3) is 0 Å². The van der Waals surface area contributed by atoms with Crippen molar-refractivity contribution in [2.45, 2.75) is 26.3 Å². The highest BCUT2D eigenvalue weighted by molar-refractivity contribution is 5.59. The summed E-state index contributed by atoms with van der Waals surface area (Å²) in [5.74, 6) is 1.88. The van der Waals surface area contributed by atoms with E-state index in [9.17, 15) is 0 Å². The monoisotopic (exact) mass is 236 g/mol. The molecule has 0 spiro atoms. The standard InChI is InChI=1S/C12H20N4O/c1-9-10(13-4)14-8-15-11(9)16-5-6-17-7-12(16,2)3/h8H,5-7H2,1-4H3,(H,13,14,15). The van der Waals surface area contributed by atoms with Crippen molar-refractivity contribution in [2.24, 2.45) is 0 Å². The first-order chi connectivity index (χ1) is 8.06. The van der Waals surface area contributed by atoms with Crippen molar-refractivity contribution in [3.63, 3.8) is 0 Å². The molecule has 1 N–H and O–H groups in total. The smallest absolute Gasteiger partial charge is 0.137 e. The molecule has 94 valence electrons. The zero-order valence-corrected chi connectivity index (χ0v) is 10.9. The average molecular weight is 236 g/mol. The molecular weight excluding hydrogens is 216 g/mol. The molecule has 0 atom stereocenters. The fraction of sp³-hybridized carbons (Fsp3) is 0.667. The average Bonchev–Trinajstić information content (AvgIpc) is 2.30. The van der Waals surface area contributed by atoms with E-state index in [1.165, 1.54) is 0 Å². The zero-order valence-electron chi connectivity index (χ0n) is 10.9. The Morgan fingerprint density at radius 2 is 2.18 bits per heavy atom. The van der Waals surface area contributed by atoms with Gasteiger partial charge in [0.1, 0.15) is 18.0 Å². The number of rotatable bonds is 2. The van der Waals surface area contributed by atoms with Crippen molar-refractivity contribution < 1.29 is 4.74 Å². The van der Waals surface area contributed by atoms with Gasteiger partial charge in [0, 0.05) is 19.2 Å². The number of nitrogens with one attached hydrogen (secondary N) is 1. The van der Waals surface area contributed by atoms with Crippen molar-refractivity contribution in [3.8, 4) is 0 Å². The van der Waals surface area contributed by atoms with Gasteiger partial charge in [0.2, 0.25) is 0 Å². The highest BCUT2D eigenvalue weighted by Crippen LogP contribution is 2.29. The van der Waals surface area contributed by atoms with E-state index < -0.39 is 0 Å². The molecule has 0 radical (unpaired) electrons. The fourth-order valence-corrected chi connectivity index (χ4v) is 2.22. The predicted octanol–water partition coefficient (Wildman–Crippen LogP) is 1.44. The minimum atomic E-state index is -0.0254. The van der Waals surface area contributed by atoms with Gasteiger partial charge in [-0.05, 0) is 20.8 Å². The predicted molar refractivity (Wildman–Crippen MR) is 68.6 cm³/mol. The van der Waals surface area contributed by atoms with Gasteiger partial charge in [-0.2, -0.15) is 0 Å². The van der Waals surface area contributed by atoms with Crippen LogP contribution in [0.1, 0.15) is 19.4 Å². The van der Waals surface area contributed by atoms with Crippen LogP contribution in [-0.2, 0) is 4.74 Å². The van der Waals surface area contributed by atoms with Crippen molar-refractivity contribution in [2.75, 3.05) is 37.0 Å². The van der Waals surface area contributed by atoms with Crippen LogP contribution in [0.15, 0.2) is 6.33 Å². The van der Waals surface area contributed by atoms with Crippen LogP contribution in [-0.4, -0.2) is 42.3 Å². The molecule has 5 heteroatoms. The molecule has 1 aliphatic rings. The third kappa shape index (κ3) is 2.20. The Bertz CT molecular complexity index is 405. The molecule has 1 aliphatic heterocycles. The van der Waals surface area contributed by atoms with E-state index in [4.69, 9.17) is 4.74 Å². The van der Waals surface area contributed by atoms with E-state index in [0.29, 0.717) is 0 Å². The Balaban J connectivity index is 2.39. The molecule has 0 unspecified atom stereocenters. The summed E-state index contributed by atoms with van der Waals surface area (Å²) in [6.07, 6.45) is 1.61. The third-order valence-electron chi connectivity index (χ3n) is 3.20. The van der Waals surface area contributed by atoms with Crippen molar-refractivity contribution in [3.05, 3.63) is 11.9 Å². The van der Waals surface area contributed by atoms with Crippen molar-refractivity contribution >= 4 is 11.6 Å². The SMILES string of the molecule is CNc1ncnc(N2CCOCC2(C)C)c1C. The molecule has 0 saturated carbocycles. The fourth-order valence-electron chi connectivity index (χ4n) is 2.22. The van der Waals surface area contributed by atoms with Crippen molar-refractivity contribution in [1.82, 2.24) is 9.97 Å². The largest absolute Gasteiger partial charge is 0.377 e. The summed E-state index contributed by atoms with van der Waals surface area (Å²) in [5.41, 5.74) is 1.06. The second-order valence-electron chi connectivity index (χ2n) is 4.94. The number of hydrogen-bond donors (Lipinski definition) is 1. The molecule has 1 saturated heterocycles. The van der Waals surface area contributed by atoms with E-state index in [0.717, 1.165) is 37.0 Å². The normalized spacial score (nSPS) is 19.2. The summed E-state index contributed by atoms with van der Waals surface area (Å²) in [4.78, 5) is 10.9. The van der Waals surface area contributed by atoms with Crippen LogP contribution < -0.4 is 10.2 Å². The Kier molecular flexibility index (Phi) is 3.19. The van der Waals surface area contributed by atoms with Gasteiger partial charge in [0.05, 0.1) is 18.8 Å². The van der Waals surface area contributed by atoms with Gasteiger partial charge in [-0.25, -0.2) is 9.97 Å². The van der Waals surface area contributed by atoms with Gasteiger partial charge < -0.3 is 15.0 Å². The highest BCUT2D eigenvalue weighted by Gasteiger charge is 2.32. The number of hydrogen-bond acceptors (Lipinski definition) is 5. The molecule has 2 heterocycles. The molecule has 0 aliphatic carbocycles. The summed E-state index contributed by atoms with van der Waals surface area (Å²) in [6, 6.07) is 0. The maximum Gasteiger partial charge on any atom is 0.137 e. The lowest BCUT2D eigenvalue weighted by Crippen LogP contribution is -2.53. The maximum absolute atomic E-state index is 5.53. The molecule has 1 fully saturated rings. The Labute approximate surface area is 102 Å². The van der Waals surface area contributed by atoms with E-state index in [-0.39, 0.29) is 5.54 Å². The maximum atomic E-state index is 5.53. The number of morpholine rings is 1. The van der Waals surface area contributed by atoms with E-state index in [1.807, 2.05) is 14.0 Å². The lowest BCUT2D eigenvalue weighted by molar-refractivity contribution is 0.0638. The number of nitrogens with zero attached hydrogens (tertiary/aromatic N) is 3. The van der Waals surface area contributed by atoms with Crippen molar-refractivity contribution in [1.29, 1.82) is 0 Å². The first kappa shape index (κ1) is 12.1. The van der Waals surface area contributed by atoms with E-state index in [1.54, 1.807) is 6.33 Å². The first-order valence-corrected chi connectivity index (χ1v) is 5.91. The van der Waals surface area contributed by atoms with E-state index >= 15 is 0 Å². The van der Waals surface area contributed by atoms with Crippen LogP contribution >= 0.6 is 0 Å². The summed E-state index contributed by atoms with van der Waals surface area (Å²) in [7, 11) is 1.88. The second kappa shape index (κ2) is 4.49. The van der Waals surface area contributed by atoms with Gasteiger partial charge in [-0.15, -0.1) is 0 Å². The molecule has 1 aromatic rings. The molecule has 0 amide bonds. The highest BCUT2D eigenvalue weighted by atomic mass is 16.5. The van der Waals surface area contributed by atoms with Crippen LogP contribution in [0.4, 0.5) is 11.6 Å². The van der Waals surface area contributed by atoms with E-state index in [2.05, 4.69) is 34.0 Å². The molecule has 0 bridgehead atoms. The van der Waals surface area contributed by atoms with Crippen LogP contribution in [0.2, 0.25) is 0 Å². The van der Waals surface area contributed by atoms with Gasteiger partial charge >= 0.3 is 0 Å². The first-order valence-electron chi connectivity index (χ1n) is 5.91. The molecule has 2 rings (SSSR count). The summed E-state index contributed by atoms with van der Waals surface area (Å²) >= 11 is 0. The molecule has 17 heavy (non-hydrogen) atoms. The quantitative estimate of drug-likeness (QED) is 0.842. The van der Waals surface area contributed by atoms with Crippen LogP contribution in [0.5, 0.6) is 0 Å². The molecule has 5 nitrogen and oxygen atoms in total. The van der Waals surface area contributed by atoms with Gasteiger partial charge in [0.25, 0.3) is 0 Å². The van der Waals surface area contributed by atoms with Gasteiger partial charge in [-0.1, -0.05) is 0 Å². The summed E-state index contributed by atoms with van der Waals surface area (Å²) in [5, 5.41) is 3.09. The van der Waals surface area contributed by atoms with Gasteiger partial charge in [-0.3, -0.25) is 0 Å². The van der Waals surface area contributed by atoms with Crippen LogP contribution in [0.3, 0.4) is 0 Å². The topological polar surface area (TPSA) is 50.3 Å². The Hall–Kier alpha value is -1.36. The zero-order chi connectivity index (χ0) is 12.5. The number of anilines is 2. The molecule has 0 aromatic carbocycles. The lowest BCUT2D eigenvalue weighted by Gasteiger charge is -2.43. The summed E-state index contributed by atoms with van der Waals surface area (Å²) < 4.78 is 5.53. The number of aromatic nitrogens is 2. The van der Waals surface area contributed by atoms with Crippen LogP contribution in [0, 0.1) is 6.92 Å². The minimum Gasteiger partial charge on any atom is -0.377 e. The molecule has 1 aromatic heterocycles.